The second-order valence-corrected chi connectivity index (χ2v) is 5.48. The number of carbonyl (C=O) groups is 2. The molecule has 0 aliphatic carbocycles. The second-order valence-electron chi connectivity index (χ2n) is 5.48. The van der Waals surface area contributed by atoms with Gasteiger partial charge in [0.15, 0.2) is 0 Å². The highest BCUT2D eigenvalue weighted by Gasteiger charge is 2.34. The van der Waals surface area contributed by atoms with Crippen molar-refractivity contribution in [3.05, 3.63) is 41.5 Å². The van der Waals surface area contributed by atoms with Gasteiger partial charge in [0.2, 0.25) is 5.91 Å². The van der Waals surface area contributed by atoms with Crippen LogP contribution in [0.15, 0.2) is 30.3 Å². The van der Waals surface area contributed by atoms with E-state index in [-0.39, 0.29) is 17.7 Å². The SMILES string of the molecule is CC(=CC(=O)N1CCC(C(=O)O)C1)c1ccccc1C(F)(F)F. The minimum Gasteiger partial charge on any atom is -0.481 e. The summed E-state index contributed by atoms with van der Waals surface area (Å²) in [6.45, 7) is 1.81. The van der Waals surface area contributed by atoms with Gasteiger partial charge in [-0.3, -0.25) is 9.59 Å². The van der Waals surface area contributed by atoms with E-state index in [1.54, 1.807) is 0 Å². The smallest absolute Gasteiger partial charge is 0.416 e. The highest BCUT2D eigenvalue weighted by Crippen LogP contribution is 2.34. The Morgan fingerprint density at radius 3 is 2.52 bits per heavy atom. The van der Waals surface area contributed by atoms with Crippen molar-refractivity contribution in [3.63, 3.8) is 0 Å². The Bertz CT molecular complexity index is 652. The summed E-state index contributed by atoms with van der Waals surface area (Å²) in [6, 6.07) is 5.04. The average molecular weight is 327 g/mol. The molecule has 0 bridgehead atoms. The molecule has 0 spiro atoms. The fourth-order valence-electron chi connectivity index (χ4n) is 2.59. The summed E-state index contributed by atoms with van der Waals surface area (Å²) in [4.78, 5) is 24.4. The molecule has 1 N–H and O–H groups in total. The van der Waals surface area contributed by atoms with Crippen LogP contribution in [0.2, 0.25) is 0 Å². The quantitative estimate of drug-likeness (QED) is 0.868. The number of alkyl halides is 3. The second kappa shape index (κ2) is 6.44. The molecule has 0 radical (unpaired) electrons. The van der Waals surface area contributed by atoms with E-state index >= 15 is 0 Å². The van der Waals surface area contributed by atoms with E-state index in [1.165, 1.54) is 30.0 Å². The molecule has 1 amide bonds. The van der Waals surface area contributed by atoms with Crippen LogP contribution in [0.25, 0.3) is 5.57 Å². The van der Waals surface area contributed by atoms with Crippen molar-refractivity contribution in [2.24, 2.45) is 5.92 Å². The van der Waals surface area contributed by atoms with Gasteiger partial charge in [0.1, 0.15) is 0 Å². The number of rotatable bonds is 3. The molecule has 1 aliphatic rings. The molecule has 1 heterocycles. The van der Waals surface area contributed by atoms with Crippen LogP contribution >= 0.6 is 0 Å². The molecule has 1 aliphatic heterocycles. The molecule has 1 unspecified atom stereocenters. The summed E-state index contributed by atoms with van der Waals surface area (Å²) < 4.78 is 39.0. The Hall–Kier alpha value is -2.31. The zero-order valence-corrected chi connectivity index (χ0v) is 12.4. The van der Waals surface area contributed by atoms with Crippen molar-refractivity contribution in [1.82, 2.24) is 4.90 Å². The van der Waals surface area contributed by atoms with Crippen LogP contribution in [0.3, 0.4) is 0 Å². The lowest BCUT2D eigenvalue weighted by Crippen LogP contribution is -2.28. The predicted molar refractivity (Wildman–Crippen MR) is 77.4 cm³/mol. The summed E-state index contributed by atoms with van der Waals surface area (Å²) in [7, 11) is 0. The van der Waals surface area contributed by atoms with E-state index in [9.17, 15) is 22.8 Å². The molecule has 7 heteroatoms. The van der Waals surface area contributed by atoms with E-state index in [0.717, 1.165) is 12.1 Å². The van der Waals surface area contributed by atoms with Crippen LogP contribution in [-0.2, 0) is 15.8 Å². The number of carbonyl (C=O) groups excluding carboxylic acids is 1. The van der Waals surface area contributed by atoms with Crippen LogP contribution in [0.4, 0.5) is 13.2 Å². The standard InChI is InChI=1S/C16H16F3NO3/c1-10(12-4-2-3-5-13(12)16(17,18)19)8-14(21)20-7-6-11(9-20)15(22)23/h2-5,8,11H,6-7,9H2,1H3,(H,22,23). The number of carboxylic acid groups (broad SMARTS) is 1. The summed E-state index contributed by atoms with van der Waals surface area (Å²) in [6.07, 6.45) is -3.02. The third-order valence-electron chi connectivity index (χ3n) is 3.85. The maximum atomic E-state index is 13.0. The average Bonchev–Trinajstić information content (AvgIpc) is 2.96. The molecule has 0 saturated carbocycles. The normalized spacial score (nSPS) is 19.0. The number of aliphatic carboxylic acids is 1. The molecule has 0 aromatic heterocycles. The van der Waals surface area contributed by atoms with Crippen molar-refractivity contribution in [1.29, 1.82) is 0 Å². The van der Waals surface area contributed by atoms with E-state index in [0.29, 0.717) is 13.0 Å². The first kappa shape index (κ1) is 17.1. The Morgan fingerprint density at radius 2 is 1.96 bits per heavy atom. The topological polar surface area (TPSA) is 57.6 Å². The Balaban J connectivity index is 2.21. The van der Waals surface area contributed by atoms with Crippen molar-refractivity contribution in [2.75, 3.05) is 13.1 Å². The Kier molecular flexibility index (Phi) is 4.77. The van der Waals surface area contributed by atoms with Gasteiger partial charge in [-0.25, -0.2) is 0 Å². The Labute approximate surface area is 131 Å². The number of hydrogen-bond acceptors (Lipinski definition) is 2. The summed E-state index contributed by atoms with van der Waals surface area (Å²) in [5.41, 5.74) is -0.657. The Morgan fingerprint density at radius 1 is 1.30 bits per heavy atom. The molecular weight excluding hydrogens is 311 g/mol. The number of likely N-dealkylation sites (tertiary alicyclic amines) is 1. The van der Waals surface area contributed by atoms with E-state index in [1.807, 2.05) is 0 Å². The molecule has 1 aromatic rings. The lowest BCUT2D eigenvalue weighted by Gasteiger charge is -2.16. The van der Waals surface area contributed by atoms with E-state index in [2.05, 4.69) is 0 Å². The monoisotopic (exact) mass is 327 g/mol. The number of nitrogens with zero attached hydrogens (tertiary/aromatic N) is 1. The van der Waals surface area contributed by atoms with Gasteiger partial charge in [0, 0.05) is 19.2 Å². The van der Waals surface area contributed by atoms with Crippen LogP contribution in [-0.4, -0.2) is 35.0 Å². The highest BCUT2D eigenvalue weighted by molar-refractivity contribution is 5.95. The number of hydrogen-bond donors (Lipinski definition) is 1. The van der Waals surface area contributed by atoms with Gasteiger partial charge >= 0.3 is 12.1 Å². The van der Waals surface area contributed by atoms with Crippen LogP contribution in [0.1, 0.15) is 24.5 Å². The molecule has 2 rings (SSSR count). The first-order valence-electron chi connectivity index (χ1n) is 7.06. The first-order chi connectivity index (χ1) is 10.7. The van der Waals surface area contributed by atoms with Gasteiger partial charge in [-0.15, -0.1) is 0 Å². The lowest BCUT2D eigenvalue weighted by molar-refractivity contribution is -0.141. The van der Waals surface area contributed by atoms with Crippen molar-refractivity contribution in [2.45, 2.75) is 19.5 Å². The molecule has 1 saturated heterocycles. The van der Waals surface area contributed by atoms with Gasteiger partial charge in [0.05, 0.1) is 11.5 Å². The number of amides is 1. The molecule has 1 fully saturated rings. The number of benzene rings is 1. The highest BCUT2D eigenvalue weighted by atomic mass is 19.4. The summed E-state index contributed by atoms with van der Waals surface area (Å²) >= 11 is 0. The predicted octanol–water partition coefficient (Wildman–Crippen LogP) is 3.04. The van der Waals surface area contributed by atoms with Gasteiger partial charge in [-0.1, -0.05) is 18.2 Å². The molecule has 124 valence electrons. The van der Waals surface area contributed by atoms with E-state index in [4.69, 9.17) is 5.11 Å². The fraction of sp³-hybridized carbons (Fsp3) is 0.375. The van der Waals surface area contributed by atoms with Gasteiger partial charge in [0.25, 0.3) is 0 Å². The maximum absolute atomic E-state index is 13.0. The number of halogens is 3. The van der Waals surface area contributed by atoms with Gasteiger partial charge in [-0.05, 0) is 30.5 Å². The molecule has 4 nitrogen and oxygen atoms in total. The molecule has 23 heavy (non-hydrogen) atoms. The van der Waals surface area contributed by atoms with Crippen LogP contribution in [0.5, 0.6) is 0 Å². The number of carboxylic acids is 1. The van der Waals surface area contributed by atoms with Gasteiger partial charge in [-0.2, -0.15) is 13.2 Å². The third kappa shape index (κ3) is 3.91. The lowest BCUT2D eigenvalue weighted by atomic mass is 10.00. The molecule has 1 aromatic carbocycles. The van der Waals surface area contributed by atoms with Crippen molar-refractivity contribution >= 4 is 17.4 Å². The van der Waals surface area contributed by atoms with Crippen LogP contribution in [0, 0.1) is 5.92 Å². The van der Waals surface area contributed by atoms with Gasteiger partial charge < -0.3 is 10.0 Å². The first-order valence-corrected chi connectivity index (χ1v) is 7.06. The van der Waals surface area contributed by atoms with Crippen molar-refractivity contribution < 1.29 is 27.9 Å². The van der Waals surface area contributed by atoms with E-state index < -0.39 is 29.5 Å². The minimum absolute atomic E-state index is 0.0534. The third-order valence-corrected chi connectivity index (χ3v) is 3.85. The summed E-state index contributed by atoms with van der Waals surface area (Å²) in [5.74, 6) is -2.05. The minimum atomic E-state index is -4.50. The molecular formula is C16H16F3NO3. The van der Waals surface area contributed by atoms with Crippen molar-refractivity contribution in [3.8, 4) is 0 Å². The summed E-state index contributed by atoms with van der Waals surface area (Å²) in [5, 5.41) is 8.92. The fourth-order valence-corrected chi connectivity index (χ4v) is 2.59. The zero-order chi connectivity index (χ0) is 17.2. The maximum Gasteiger partial charge on any atom is 0.416 e. The molecule has 1 atom stereocenters. The van der Waals surface area contributed by atoms with Crippen LogP contribution < -0.4 is 0 Å². The number of allylic oxidation sites excluding steroid dienone is 1. The zero-order valence-electron chi connectivity index (χ0n) is 12.4. The largest absolute Gasteiger partial charge is 0.481 e.